The molecule has 11 aromatic carbocycles. The summed E-state index contributed by atoms with van der Waals surface area (Å²) in [5, 5.41) is 5.17. The molecule has 1 heterocycles. The number of anilines is 3. The highest BCUT2D eigenvalue weighted by Gasteiger charge is 2.41. The van der Waals surface area contributed by atoms with E-state index in [0.29, 0.717) is 5.92 Å². The maximum Gasteiger partial charge on any atom is 0.0547 e. The fourth-order valence-electron chi connectivity index (χ4n) is 13.3. The van der Waals surface area contributed by atoms with E-state index in [9.17, 15) is 0 Å². The highest BCUT2D eigenvalue weighted by atomic mass is 15.1. The lowest BCUT2D eigenvalue weighted by Crippen LogP contribution is -2.22. The zero-order valence-corrected chi connectivity index (χ0v) is 41.8. The summed E-state index contributed by atoms with van der Waals surface area (Å²) in [7, 11) is 0. The second-order valence-corrected chi connectivity index (χ2v) is 20.7. The number of hydrogen-bond donors (Lipinski definition) is 0. The Morgan fingerprint density at radius 3 is 1.69 bits per heavy atom. The van der Waals surface area contributed by atoms with E-state index in [1.54, 1.807) is 0 Å². The topological polar surface area (TPSA) is 8.17 Å². The normalized spacial score (nSPS) is 15.4. The van der Waals surface area contributed by atoms with Gasteiger partial charge in [-0.1, -0.05) is 226 Å². The van der Waals surface area contributed by atoms with Gasteiger partial charge in [-0.25, -0.2) is 0 Å². The van der Waals surface area contributed by atoms with E-state index in [1.165, 1.54) is 131 Å². The van der Waals surface area contributed by atoms with E-state index < -0.39 is 0 Å². The van der Waals surface area contributed by atoms with Crippen molar-refractivity contribution < 1.29 is 0 Å². The number of benzene rings is 11. The number of fused-ring (bicyclic) bond motifs is 7. The van der Waals surface area contributed by atoms with E-state index >= 15 is 0 Å². The average molecular weight is 949 g/mol. The molecule has 0 spiro atoms. The molecule has 1 atom stereocenters. The van der Waals surface area contributed by atoms with Crippen LogP contribution in [0.1, 0.15) is 67.2 Å². The predicted molar refractivity (Wildman–Crippen MR) is 313 cm³/mol. The molecule has 0 N–H and O–H groups in total. The summed E-state index contributed by atoms with van der Waals surface area (Å²) in [5.41, 5.74) is 22.1. The van der Waals surface area contributed by atoms with Crippen molar-refractivity contribution in [3.8, 4) is 50.2 Å². The zero-order chi connectivity index (χ0) is 49.2. The van der Waals surface area contributed by atoms with Gasteiger partial charge in [0.1, 0.15) is 0 Å². The zero-order valence-electron chi connectivity index (χ0n) is 41.8. The van der Waals surface area contributed by atoms with Gasteiger partial charge in [0.2, 0.25) is 0 Å². The molecule has 2 nitrogen and oxygen atoms in total. The molecule has 2 aliphatic rings. The Balaban J connectivity index is 0.990. The standard InChI is InChI=1S/C72H56N2/c1-72(52-27-7-3-8-28-52)63-39-15-11-33-61(63)70-56(36-21-40-64(70)72)50-45-47-54(48-46-50)73(65-41-16-12-31-57(65)59-37-20-26-51-25-19-35-55(69(51)59)49-23-5-2-6-24-49)66-42-17-13-32-58(66)60-38-22-44-68-71(60)62-34-14-18-43-67(62)74(68)53-29-9-4-10-30-53/h3-4,7-22,25-49H,2,5-6,23-24H2,1H3. The van der Waals surface area contributed by atoms with E-state index in [1.807, 2.05) is 0 Å². The monoisotopic (exact) mass is 948 g/mol. The lowest BCUT2D eigenvalue weighted by molar-refractivity contribution is 0.445. The van der Waals surface area contributed by atoms with Gasteiger partial charge in [-0.15, -0.1) is 0 Å². The molecule has 1 fully saturated rings. The Morgan fingerprint density at radius 2 is 0.946 bits per heavy atom. The maximum absolute atomic E-state index is 2.54. The van der Waals surface area contributed by atoms with E-state index in [-0.39, 0.29) is 5.41 Å². The largest absolute Gasteiger partial charge is 0.309 e. The molecule has 0 amide bonds. The van der Waals surface area contributed by atoms with Gasteiger partial charge in [0, 0.05) is 38.7 Å². The van der Waals surface area contributed by atoms with Crippen LogP contribution >= 0.6 is 0 Å². The highest BCUT2D eigenvalue weighted by molar-refractivity contribution is 6.17. The molecule has 2 heteroatoms. The molecule has 2 aliphatic carbocycles. The van der Waals surface area contributed by atoms with Gasteiger partial charge in [0.25, 0.3) is 0 Å². The van der Waals surface area contributed by atoms with Crippen LogP contribution in [-0.2, 0) is 5.41 Å². The van der Waals surface area contributed by atoms with Crippen LogP contribution in [0.5, 0.6) is 0 Å². The van der Waals surface area contributed by atoms with E-state index in [4.69, 9.17) is 0 Å². The van der Waals surface area contributed by atoms with Crippen molar-refractivity contribution in [3.05, 3.63) is 277 Å². The molecule has 1 aromatic heterocycles. The lowest BCUT2D eigenvalue weighted by Gasteiger charge is -2.31. The minimum absolute atomic E-state index is 0.276. The molecular formula is C72H56N2. The van der Waals surface area contributed by atoms with Crippen molar-refractivity contribution in [1.29, 1.82) is 0 Å². The van der Waals surface area contributed by atoms with Crippen molar-refractivity contribution in [2.45, 2.75) is 50.4 Å². The molecule has 1 unspecified atom stereocenters. The smallest absolute Gasteiger partial charge is 0.0547 e. The molecule has 0 saturated heterocycles. The van der Waals surface area contributed by atoms with Crippen LogP contribution in [0.15, 0.2) is 255 Å². The number of aromatic nitrogens is 1. The third-order valence-electron chi connectivity index (χ3n) is 16.7. The summed E-state index contributed by atoms with van der Waals surface area (Å²) in [6, 6.07) is 95.2. The van der Waals surface area contributed by atoms with Crippen molar-refractivity contribution in [3.63, 3.8) is 0 Å². The summed E-state index contributed by atoms with van der Waals surface area (Å²) in [5.74, 6) is 0.556. The fourth-order valence-corrected chi connectivity index (χ4v) is 13.3. The third kappa shape index (κ3) is 7.00. The highest BCUT2D eigenvalue weighted by Crippen LogP contribution is 2.56. The van der Waals surface area contributed by atoms with Crippen molar-refractivity contribution in [2.75, 3.05) is 4.90 Å². The van der Waals surface area contributed by atoms with Gasteiger partial charge in [-0.2, -0.15) is 0 Å². The SMILES string of the molecule is CC1(c2ccccc2)c2ccccc2-c2c(-c3ccc(N(c4ccccc4-c4cccc5cccc(C6CCCCC6)c45)c4ccccc4-c4cccc5c4c4ccccc4n5-c4ccccc4)cc3)cccc21. The third-order valence-corrected chi connectivity index (χ3v) is 16.7. The van der Waals surface area contributed by atoms with Crippen molar-refractivity contribution >= 4 is 49.6 Å². The number of hydrogen-bond acceptors (Lipinski definition) is 1. The van der Waals surface area contributed by atoms with Crippen LogP contribution in [0.4, 0.5) is 17.1 Å². The Bertz CT molecular complexity index is 4060. The molecule has 0 bridgehead atoms. The number of rotatable bonds is 9. The average Bonchev–Trinajstić information content (AvgIpc) is 3.96. The summed E-state index contributed by atoms with van der Waals surface area (Å²) in [6.07, 6.45) is 6.41. The van der Waals surface area contributed by atoms with Crippen LogP contribution in [0.25, 0.3) is 82.8 Å². The summed E-state index contributed by atoms with van der Waals surface area (Å²) < 4.78 is 2.42. The van der Waals surface area contributed by atoms with Gasteiger partial charge in [-0.05, 0) is 141 Å². The molecule has 74 heavy (non-hydrogen) atoms. The molecule has 354 valence electrons. The molecule has 12 aromatic rings. The van der Waals surface area contributed by atoms with Gasteiger partial charge in [0.05, 0.1) is 22.4 Å². The van der Waals surface area contributed by atoms with Crippen LogP contribution < -0.4 is 4.90 Å². The number of para-hydroxylation sites is 4. The van der Waals surface area contributed by atoms with Gasteiger partial charge >= 0.3 is 0 Å². The Hall–Kier alpha value is -8.72. The summed E-state index contributed by atoms with van der Waals surface area (Å²) in [4.78, 5) is 2.54. The summed E-state index contributed by atoms with van der Waals surface area (Å²) >= 11 is 0. The Morgan fingerprint density at radius 1 is 0.405 bits per heavy atom. The van der Waals surface area contributed by atoms with Gasteiger partial charge in [-0.3, -0.25) is 0 Å². The van der Waals surface area contributed by atoms with Crippen molar-refractivity contribution in [2.24, 2.45) is 0 Å². The van der Waals surface area contributed by atoms with Crippen LogP contribution in [0.3, 0.4) is 0 Å². The number of nitrogens with zero attached hydrogens (tertiary/aromatic N) is 2. The predicted octanol–water partition coefficient (Wildman–Crippen LogP) is 19.8. The van der Waals surface area contributed by atoms with Gasteiger partial charge < -0.3 is 9.47 Å². The van der Waals surface area contributed by atoms with Gasteiger partial charge in [0.15, 0.2) is 0 Å². The van der Waals surface area contributed by atoms with Crippen LogP contribution in [-0.4, -0.2) is 4.57 Å². The Labute approximate surface area is 434 Å². The maximum atomic E-state index is 2.54. The van der Waals surface area contributed by atoms with Crippen LogP contribution in [0.2, 0.25) is 0 Å². The minimum atomic E-state index is -0.276. The molecule has 14 rings (SSSR count). The first-order chi connectivity index (χ1) is 36.6. The minimum Gasteiger partial charge on any atom is -0.309 e. The first kappa shape index (κ1) is 44.0. The van der Waals surface area contributed by atoms with E-state index in [2.05, 4.69) is 271 Å². The second kappa shape index (κ2) is 18.1. The summed E-state index contributed by atoms with van der Waals surface area (Å²) in [6.45, 7) is 2.40. The second-order valence-electron chi connectivity index (χ2n) is 20.7. The quantitative estimate of drug-likeness (QED) is 0.140. The molecular weight excluding hydrogens is 893 g/mol. The molecule has 0 aliphatic heterocycles. The van der Waals surface area contributed by atoms with Crippen LogP contribution in [0, 0.1) is 0 Å². The Kier molecular flexibility index (Phi) is 10.8. The fraction of sp³-hybridized carbons (Fsp3) is 0.111. The first-order valence-electron chi connectivity index (χ1n) is 26.6. The first-order valence-corrected chi connectivity index (χ1v) is 26.6. The van der Waals surface area contributed by atoms with E-state index in [0.717, 1.165) is 22.7 Å². The van der Waals surface area contributed by atoms with Crippen molar-refractivity contribution in [1.82, 2.24) is 4.57 Å². The molecule has 1 saturated carbocycles. The lowest BCUT2D eigenvalue weighted by atomic mass is 9.74. The molecule has 0 radical (unpaired) electrons.